The number of nitrogens with zero attached hydrogens (tertiary/aromatic N) is 2. The minimum atomic E-state index is -0.231. The molecule has 0 spiro atoms. The van der Waals surface area contributed by atoms with E-state index < -0.39 is 0 Å². The Bertz CT molecular complexity index is 952. The van der Waals surface area contributed by atoms with Crippen LogP contribution in [0.5, 0.6) is 11.5 Å². The van der Waals surface area contributed by atoms with Crippen molar-refractivity contribution >= 4 is 17.2 Å². The zero-order valence-corrected chi connectivity index (χ0v) is 13.9. The van der Waals surface area contributed by atoms with Gasteiger partial charge in [0, 0.05) is 18.1 Å². The van der Waals surface area contributed by atoms with E-state index in [0.717, 1.165) is 5.75 Å². The summed E-state index contributed by atoms with van der Waals surface area (Å²) in [4.78, 5) is 18.2. The van der Waals surface area contributed by atoms with Gasteiger partial charge in [-0.15, -0.1) is 0 Å². The molecule has 2 heterocycles. The molecule has 0 radical (unpaired) electrons. The Hall–Kier alpha value is -3.60. The maximum atomic E-state index is 12.7. The Morgan fingerprint density at radius 1 is 0.885 bits per heavy atom. The Balaban J connectivity index is 1.55. The van der Waals surface area contributed by atoms with Crippen LogP contribution in [0.1, 0.15) is 5.56 Å². The first-order valence-corrected chi connectivity index (χ1v) is 8.20. The number of aliphatic hydroxyl groups excluding tert-OH is 1. The van der Waals surface area contributed by atoms with Crippen LogP contribution in [-0.2, 0) is 4.79 Å². The predicted molar refractivity (Wildman–Crippen MR) is 99.1 cm³/mol. The lowest BCUT2D eigenvalue weighted by Crippen LogP contribution is -2.26. The van der Waals surface area contributed by atoms with Crippen molar-refractivity contribution in [3.8, 4) is 11.5 Å². The summed E-state index contributed by atoms with van der Waals surface area (Å²) in [6, 6.07) is 20.1. The zero-order chi connectivity index (χ0) is 17.9. The van der Waals surface area contributed by atoms with Gasteiger partial charge in [0.05, 0.1) is 12.1 Å². The molecule has 5 heteroatoms. The zero-order valence-electron chi connectivity index (χ0n) is 13.9. The van der Waals surface area contributed by atoms with Crippen LogP contribution in [0.15, 0.2) is 84.9 Å². The minimum absolute atomic E-state index is 0.0588. The third-order valence-corrected chi connectivity index (χ3v) is 4.15. The molecule has 3 aromatic rings. The highest BCUT2D eigenvalue weighted by Gasteiger charge is 2.32. The lowest BCUT2D eigenvalue weighted by Gasteiger charge is -2.15. The standard InChI is InChI=1S/C21H16N2O3/c24-19-14-23(16-10-12-22-13-11-16)21(25)20(19)15-6-8-18(9-7-15)26-17-4-2-1-3-5-17/h1-13,24H,14H2. The van der Waals surface area contributed by atoms with Crippen molar-refractivity contribution in [1.82, 2.24) is 4.98 Å². The largest absolute Gasteiger partial charge is 0.510 e. The van der Waals surface area contributed by atoms with Gasteiger partial charge in [-0.3, -0.25) is 9.78 Å². The molecule has 1 aliphatic heterocycles. The van der Waals surface area contributed by atoms with Crippen molar-refractivity contribution in [1.29, 1.82) is 0 Å². The molecule has 2 aromatic carbocycles. The summed E-state index contributed by atoms with van der Waals surface area (Å²) < 4.78 is 5.76. The number of para-hydroxylation sites is 1. The number of hydrogen-bond acceptors (Lipinski definition) is 4. The number of carbonyl (C=O) groups excluding carboxylic acids is 1. The van der Waals surface area contributed by atoms with Crippen LogP contribution in [0.4, 0.5) is 5.69 Å². The third kappa shape index (κ3) is 3.02. The molecule has 1 aliphatic rings. The summed E-state index contributed by atoms with van der Waals surface area (Å²) in [6.07, 6.45) is 3.24. The van der Waals surface area contributed by atoms with Crippen LogP contribution in [0.3, 0.4) is 0 Å². The molecule has 26 heavy (non-hydrogen) atoms. The van der Waals surface area contributed by atoms with E-state index in [4.69, 9.17) is 4.74 Å². The van der Waals surface area contributed by atoms with E-state index in [9.17, 15) is 9.90 Å². The molecule has 0 fully saturated rings. The molecule has 0 bridgehead atoms. The number of pyridine rings is 1. The Labute approximate surface area is 150 Å². The molecule has 4 rings (SSSR count). The number of ether oxygens (including phenoxy) is 1. The molecule has 0 aliphatic carbocycles. The van der Waals surface area contributed by atoms with Gasteiger partial charge >= 0.3 is 0 Å². The van der Waals surface area contributed by atoms with E-state index in [0.29, 0.717) is 22.6 Å². The van der Waals surface area contributed by atoms with Gasteiger partial charge in [0.25, 0.3) is 5.91 Å². The van der Waals surface area contributed by atoms with Gasteiger partial charge in [0.1, 0.15) is 17.3 Å². The number of hydrogen-bond donors (Lipinski definition) is 1. The predicted octanol–water partition coefficient (Wildman–Crippen LogP) is 4.19. The first-order valence-electron chi connectivity index (χ1n) is 8.20. The molecule has 5 nitrogen and oxygen atoms in total. The molecule has 0 saturated heterocycles. The van der Waals surface area contributed by atoms with Gasteiger partial charge in [-0.1, -0.05) is 30.3 Å². The second-order valence-electron chi connectivity index (χ2n) is 5.86. The van der Waals surface area contributed by atoms with Gasteiger partial charge in [-0.05, 0) is 42.0 Å². The highest BCUT2D eigenvalue weighted by Crippen LogP contribution is 2.32. The highest BCUT2D eigenvalue weighted by atomic mass is 16.5. The fourth-order valence-corrected chi connectivity index (χ4v) is 2.90. The van der Waals surface area contributed by atoms with Crippen molar-refractivity contribution in [2.24, 2.45) is 0 Å². The second-order valence-corrected chi connectivity index (χ2v) is 5.86. The van der Waals surface area contributed by atoms with Crippen molar-refractivity contribution in [2.75, 3.05) is 11.4 Å². The normalized spacial score (nSPS) is 14.0. The Morgan fingerprint density at radius 2 is 1.54 bits per heavy atom. The fraction of sp³-hybridized carbons (Fsp3) is 0.0476. The van der Waals surface area contributed by atoms with Gasteiger partial charge in [0.15, 0.2) is 0 Å². The third-order valence-electron chi connectivity index (χ3n) is 4.15. The van der Waals surface area contributed by atoms with Crippen molar-refractivity contribution in [3.05, 3.63) is 90.4 Å². The second kappa shape index (κ2) is 6.72. The summed E-state index contributed by atoms with van der Waals surface area (Å²) >= 11 is 0. The molecule has 1 amide bonds. The summed E-state index contributed by atoms with van der Waals surface area (Å²) in [5.74, 6) is 1.23. The van der Waals surface area contributed by atoms with Crippen LogP contribution in [0, 0.1) is 0 Å². The molecule has 128 valence electrons. The van der Waals surface area contributed by atoms with Crippen molar-refractivity contribution < 1.29 is 14.6 Å². The van der Waals surface area contributed by atoms with E-state index in [1.165, 1.54) is 4.90 Å². The average molecular weight is 344 g/mol. The van der Waals surface area contributed by atoms with E-state index >= 15 is 0 Å². The van der Waals surface area contributed by atoms with Crippen molar-refractivity contribution in [3.63, 3.8) is 0 Å². The molecular weight excluding hydrogens is 328 g/mol. The maximum absolute atomic E-state index is 12.7. The topological polar surface area (TPSA) is 62.7 Å². The minimum Gasteiger partial charge on any atom is -0.510 e. The number of aromatic nitrogens is 1. The summed E-state index contributed by atoms with van der Waals surface area (Å²) in [6.45, 7) is 0.153. The number of aliphatic hydroxyl groups is 1. The van der Waals surface area contributed by atoms with E-state index in [-0.39, 0.29) is 18.2 Å². The van der Waals surface area contributed by atoms with Gasteiger partial charge in [0.2, 0.25) is 0 Å². The summed E-state index contributed by atoms with van der Waals surface area (Å²) in [7, 11) is 0. The van der Waals surface area contributed by atoms with Crippen LogP contribution >= 0.6 is 0 Å². The number of benzene rings is 2. The Kier molecular flexibility index (Phi) is 4.11. The molecule has 0 saturated carbocycles. The monoisotopic (exact) mass is 344 g/mol. The summed E-state index contributed by atoms with van der Waals surface area (Å²) in [5.41, 5.74) is 1.67. The van der Waals surface area contributed by atoms with E-state index in [1.807, 2.05) is 30.3 Å². The first kappa shape index (κ1) is 15.9. The molecule has 0 unspecified atom stereocenters. The molecule has 1 aromatic heterocycles. The van der Waals surface area contributed by atoms with Crippen LogP contribution in [0.2, 0.25) is 0 Å². The lowest BCUT2D eigenvalue weighted by molar-refractivity contribution is -0.112. The van der Waals surface area contributed by atoms with Crippen LogP contribution in [0.25, 0.3) is 5.57 Å². The van der Waals surface area contributed by atoms with Gasteiger partial charge in [-0.25, -0.2) is 0 Å². The number of carbonyl (C=O) groups is 1. The van der Waals surface area contributed by atoms with Crippen molar-refractivity contribution in [2.45, 2.75) is 0 Å². The average Bonchev–Trinajstić information content (AvgIpc) is 2.98. The lowest BCUT2D eigenvalue weighted by atomic mass is 10.1. The SMILES string of the molecule is O=C1C(c2ccc(Oc3ccccc3)cc2)=C(O)CN1c1ccncc1. The fourth-order valence-electron chi connectivity index (χ4n) is 2.90. The first-order chi connectivity index (χ1) is 12.7. The highest BCUT2D eigenvalue weighted by molar-refractivity contribution is 6.29. The maximum Gasteiger partial charge on any atom is 0.262 e. The van der Waals surface area contributed by atoms with E-state index in [1.54, 1.807) is 48.8 Å². The number of rotatable bonds is 4. The van der Waals surface area contributed by atoms with Gasteiger partial charge < -0.3 is 14.7 Å². The van der Waals surface area contributed by atoms with E-state index in [2.05, 4.69) is 4.98 Å². The number of amides is 1. The van der Waals surface area contributed by atoms with Crippen LogP contribution in [-0.4, -0.2) is 22.5 Å². The molecule has 0 atom stereocenters. The van der Waals surface area contributed by atoms with Crippen LogP contribution < -0.4 is 9.64 Å². The quantitative estimate of drug-likeness (QED) is 0.771. The molecule has 1 N–H and O–H groups in total. The summed E-state index contributed by atoms with van der Waals surface area (Å²) in [5, 5.41) is 10.3. The molecular formula is C21H16N2O3. The Morgan fingerprint density at radius 3 is 2.23 bits per heavy atom. The number of anilines is 1. The van der Waals surface area contributed by atoms with Gasteiger partial charge in [-0.2, -0.15) is 0 Å². The smallest absolute Gasteiger partial charge is 0.262 e.